The molecule has 3 N–H and O–H groups in total. The maximum absolute atomic E-state index is 12.0. The largest absolute Gasteiger partial charge is 0.312 e. The van der Waals surface area contributed by atoms with Crippen molar-refractivity contribution in [3.05, 3.63) is 34.9 Å². The van der Waals surface area contributed by atoms with Gasteiger partial charge in [-0.05, 0) is 65.2 Å². The summed E-state index contributed by atoms with van der Waals surface area (Å²) >= 11 is 0. The predicted molar refractivity (Wildman–Crippen MR) is 98.9 cm³/mol. The van der Waals surface area contributed by atoms with E-state index in [-0.39, 0.29) is 10.8 Å². The van der Waals surface area contributed by atoms with E-state index in [1.54, 1.807) is 0 Å². The van der Waals surface area contributed by atoms with Crippen molar-refractivity contribution in [2.75, 3.05) is 6.54 Å². The van der Waals surface area contributed by atoms with Crippen LogP contribution in [0.4, 0.5) is 0 Å². The summed E-state index contributed by atoms with van der Waals surface area (Å²) in [6, 6.07) is 5.97. The van der Waals surface area contributed by atoms with Crippen molar-refractivity contribution in [1.29, 1.82) is 4.78 Å². The van der Waals surface area contributed by atoms with E-state index in [9.17, 15) is 9.42 Å². The molecule has 2 rings (SSSR count). The van der Waals surface area contributed by atoms with E-state index in [4.69, 9.17) is 4.78 Å². The predicted octanol–water partition coefficient (Wildman–Crippen LogP) is 3.53. The number of hydroxylamine groups is 2. The maximum atomic E-state index is 12.0. The normalized spacial score (nSPS) is 22.2. The third-order valence-corrected chi connectivity index (χ3v) is 5.96. The molecule has 1 aromatic rings. The van der Waals surface area contributed by atoms with E-state index in [1.807, 2.05) is 45.9 Å². The van der Waals surface area contributed by atoms with Crippen molar-refractivity contribution in [1.82, 2.24) is 10.4 Å². The number of thiol groups is 1. The van der Waals surface area contributed by atoms with Crippen molar-refractivity contribution < 1.29 is 9.42 Å². The Labute approximate surface area is 147 Å². The molecular formula is C18H31N3O2S. The van der Waals surface area contributed by atoms with Gasteiger partial charge in [-0.1, -0.05) is 18.2 Å². The van der Waals surface area contributed by atoms with Crippen molar-refractivity contribution >= 4 is 10.6 Å². The van der Waals surface area contributed by atoms with E-state index in [0.29, 0.717) is 6.54 Å². The summed E-state index contributed by atoms with van der Waals surface area (Å²) in [5.41, 5.74) is 1.90. The Morgan fingerprint density at radius 2 is 1.75 bits per heavy atom. The average molecular weight is 354 g/mol. The second-order valence-corrected chi connectivity index (χ2v) is 9.98. The molecule has 0 spiro atoms. The van der Waals surface area contributed by atoms with Crippen molar-refractivity contribution in [3.63, 3.8) is 0 Å². The highest BCUT2D eigenvalue weighted by Gasteiger charge is 2.48. The summed E-state index contributed by atoms with van der Waals surface area (Å²) in [6.07, 6.45) is 0. The molecule has 5 nitrogen and oxygen atoms in total. The second kappa shape index (κ2) is 6.09. The molecule has 1 aliphatic heterocycles. The standard InChI is InChI=1S/C18H31N3O2S/c1-16(2,3)20-11-15(24(19)23)12-8-9-13-14(10-12)18(6,7)21(22)17(13,4)5/h8-10,15,19-20,22,24H,11H2,1-7H3. The monoisotopic (exact) mass is 353 g/mol. The molecule has 0 aromatic heterocycles. The van der Waals surface area contributed by atoms with Crippen LogP contribution in [0, 0.1) is 4.78 Å². The Bertz CT molecular complexity index is 695. The molecule has 0 saturated carbocycles. The second-order valence-electron chi connectivity index (χ2n) is 8.71. The molecule has 0 bridgehead atoms. The first-order valence-electron chi connectivity index (χ1n) is 8.35. The molecule has 0 radical (unpaired) electrons. The van der Waals surface area contributed by atoms with Crippen molar-refractivity contribution in [2.45, 2.75) is 70.3 Å². The van der Waals surface area contributed by atoms with Gasteiger partial charge in [-0.15, -0.1) is 0 Å². The van der Waals surface area contributed by atoms with Gasteiger partial charge in [0, 0.05) is 22.7 Å². The van der Waals surface area contributed by atoms with Crippen LogP contribution in [0.3, 0.4) is 0 Å². The van der Waals surface area contributed by atoms with Gasteiger partial charge in [0.05, 0.1) is 16.3 Å². The van der Waals surface area contributed by atoms with E-state index in [1.165, 1.54) is 5.06 Å². The summed E-state index contributed by atoms with van der Waals surface area (Å²) in [4.78, 5) is 0. The molecule has 2 unspecified atom stereocenters. The van der Waals surface area contributed by atoms with E-state index < -0.39 is 21.7 Å². The van der Waals surface area contributed by atoms with Crippen LogP contribution >= 0.6 is 0 Å². The number of hydrogen-bond acceptors (Lipinski definition) is 5. The number of nitrogens with zero attached hydrogens (tertiary/aromatic N) is 1. The first-order valence-corrected chi connectivity index (χ1v) is 9.68. The molecule has 0 saturated heterocycles. The van der Waals surface area contributed by atoms with Crippen molar-refractivity contribution in [2.24, 2.45) is 0 Å². The Hall–Kier alpha value is -0.950. The SMILES string of the molecule is CC(C)(C)NCC(c1ccc2c(c1)C(C)(C)N(O)C2(C)C)[SH](=N)=O. The number of hydrogen-bond donors (Lipinski definition) is 4. The van der Waals surface area contributed by atoms with Crippen LogP contribution in [0.5, 0.6) is 0 Å². The summed E-state index contributed by atoms with van der Waals surface area (Å²) in [5.74, 6) is 0. The zero-order valence-corrected chi connectivity index (χ0v) is 16.7. The number of nitrogens with one attached hydrogen (secondary N) is 2. The molecule has 24 heavy (non-hydrogen) atoms. The Balaban J connectivity index is 2.45. The summed E-state index contributed by atoms with van der Waals surface area (Å²) in [7, 11) is -2.10. The van der Waals surface area contributed by atoms with Gasteiger partial charge >= 0.3 is 0 Å². The first-order chi connectivity index (χ1) is 10.8. The van der Waals surface area contributed by atoms with Crippen molar-refractivity contribution in [3.8, 4) is 0 Å². The lowest BCUT2D eigenvalue weighted by atomic mass is 9.88. The summed E-state index contributed by atoms with van der Waals surface area (Å²) in [6.45, 7) is 14.6. The summed E-state index contributed by atoms with van der Waals surface area (Å²) in [5, 5.41) is 15.0. The van der Waals surface area contributed by atoms with Crippen LogP contribution in [0.15, 0.2) is 18.2 Å². The number of fused-ring (bicyclic) bond motifs is 1. The first kappa shape index (κ1) is 19.4. The van der Waals surface area contributed by atoms with Gasteiger partial charge in [-0.2, -0.15) is 5.06 Å². The Kier molecular flexibility index (Phi) is 4.92. The lowest BCUT2D eigenvalue weighted by Gasteiger charge is -2.34. The minimum absolute atomic E-state index is 0.0938. The van der Waals surface area contributed by atoms with Crippen LogP contribution in [-0.4, -0.2) is 26.6 Å². The van der Waals surface area contributed by atoms with Crippen LogP contribution in [-0.2, 0) is 21.7 Å². The fraction of sp³-hybridized carbons (Fsp3) is 0.667. The van der Waals surface area contributed by atoms with Gasteiger partial charge in [0.2, 0.25) is 0 Å². The minimum atomic E-state index is -2.10. The Morgan fingerprint density at radius 3 is 2.25 bits per heavy atom. The molecule has 0 amide bonds. The molecule has 1 aliphatic rings. The number of rotatable bonds is 4. The van der Waals surface area contributed by atoms with E-state index >= 15 is 0 Å². The van der Waals surface area contributed by atoms with Crippen LogP contribution < -0.4 is 5.32 Å². The third-order valence-electron chi connectivity index (χ3n) is 4.91. The van der Waals surface area contributed by atoms with Gasteiger partial charge < -0.3 is 10.5 Å². The zero-order chi connectivity index (χ0) is 18.5. The fourth-order valence-corrected chi connectivity index (χ4v) is 4.16. The third kappa shape index (κ3) is 3.38. The molecule has 136 valence electrons. The lowest BCUT2D eigenvalue weighted by Crippen LogP contribution is -2.42. The minimum Gasteiger partial charge on any atom is -0.312 e. The summed E-state index contributed by atoms with van der Waals surface area (Å²) < 4.78 is 19.8. The molecule has 1 heterocycles. The molecule has 0 fully saturated rings. The maximum Gasteiger partial charge on any atom is 0.0775 e. The highest BCUT2D eigenvalue weighted by atomic mass is 32.2. The quantitative estimate of drug-likeness (QED) is 0.625. The highest BCUT2D eigenvalue weighted by molar-refractivity contribution is 7.73. The van der Waals surface area contributed by atoms with Gasteiger partial charge in [-0.3, -0.25) is 8.99 Å². The smallest absolute Gasteiger partial charge is 0.0775 e. The molecule has 1 aromatic carbocycles. The van der Waals surface area contributed by atoms with Crippen LogP contribution in [0.1, 0.15) is 70.4 Å². The topological polar surface area (TPSA) is 76.4 Å². The van der Waals surface area contributed by atoms with Gasteiger partial charge in [-0.25, -0.2) is 0 Å². The fourth-order valence-electron chi connectivity index (χ4n) is 3.47. The molecule has 0 aliphatic carbocycles. The molecule has 6 heteroatoms. The van der Waals surface area contributed by atoms with Gasteiger partial charge in [0.15, 0.2) is 0 Å². The molecular weight excluding hydrogens is 322 g/mol. The number of benzene rings is 1. The average Bonchev–Trinajstić information content (AvgIpc) is 2.56. The Morgan fingerprint density at radius 1 is 1.21 bits per heavy atom. The van der Waals surface area contributed by atoms with E-state index in [0.717, 1.165) is 16.7 Å². The van der Waals surface area contributed by atoms with E-state index in [2.05, 4.69) is 26.1 Å². The van der Waals surface area contributed by atoms with Crippen LogP contribution in [0.2, 0.25) is 0 Å². The molecule has 2 atom stereocenters. The van der Waals surface area contributed by atoms with Gasteiger partial charge in [0.25, 0.3) is 0 Å². The zero-order valence-electron chi connectivity index (χ0n) is 15.8. The lowest BCUT2D eigenvalue weighted by molar-refractivity contribution is -0.216. The highest BCUT2D eigenvalue weighted by Crippen LogP contribution is 2.48. The van der Waals surface area contributed by atoms with Crippen LogP contribution in [0.25, 0.3) is 0 Å². The van der Waals surface area contributed by atoms with Gasteiger partial charge in [0.1, 0.15) is 0 Å².